The molecule has 6 nitrogen and oxygen atoms in total. The highest BCUT2D eigenvalue weighted by molar-refractivity contribution is 5.81. The summed E-state index contributed by atoms with van der Waals surface area (Å²) in [6.07, 6.45) is -3.53. The number of carbonyl (C=O) groups is 2. The summed E-state index contributed by atoms with van der Waals surface area (Å²) in [5.41, 5.74) is 0. The van der Waals surface area contributed by atoms with Gasteiger partial charge in [-0.25, -0.2) is 4.79 Å². The fourth-order valence-corrected chi connectivity index (χ4v) is 0.934. The van der Waals surface area contributed by atoms with Gasteiger partial charge in [0.05, 0.1) is 18.6 Å². The lowest BCUT2D eigenvalue weighted by Crippen LogP contribution is -2.29. The first-order chi connectivity index (χ1) is 6.47. The molecule has 0 amide bonds. The zero-order valence-electron chi connectivity index (χ0n) is 7.84. The van der Waals surface area contributed by atoms with Crippen LogP contribution in [0.3, 0.4) is 0 Å². The molecule has 0 aromatic heterocycles. The Morgan fingerprint density at radius 1 is 1.29 bits per heavy atom. The second-order valence-electron chi connectivity index (χ2n) is 2.87. The lowest BCUT2D eigenvalue weighted by atomic mass is 10.1. The van der Waals surface area contributed by atoms with E-state index in [0.29, 0.717) is 12.8 Å². The number of aliphatic hydroxyl groups is 2. The van der Waals surface area contributed by atoms with Gasteiger partial charge in [-0.05, 0) is 6.42 Å². The Morgan fingerprint density at radius 2 is 1.86 bits per heavy atom. The molecule has 0 aromatic rings. The van der Waals surface area contributed by atoms with E-state index in [1.165, 1.54) is 0 Å². The lowest BCUT2D eigenvalue weighted by molar-refractivity contribution is -0.143. The molecular formula is C8H14O6. The van der Waals surface area contributed by atoms with Crippen LogP contribution in [0.5, 0.6) is 0 Å². The van der Waals surface area contributed by atoms with Crippen LogP contribution in [0.2, 0.25) is 0 Å². The van der Waals surface area contributed by atoms with E-state index in [-0.39, 0.29) is 0 Å². The summed E-state index contributed by atoms with van der Waals surface area (Å²) in [6.45, 7) is 1.81. The number of rotatable bonds is 5. The molecule has 0 bridgehead atoms. The van der Waals surface area contributed by atoms with Crippen LogP contribution in [0, 0.1) is 0 Å². The maximum atomic E-state index is 10.7. The number of hydrogen-bond donors (Lipinski definition) is 3. The largest absolute Gasteiger partial charge is 0.513 e. The molecule has 0 aliphatic carbocycles. The lowest BCUT2D eigenvalue weighted by Gasteiger charge is -2.15. The van der Waals surface area contributed by atoms with Crippen LogP contribution in [-0.4, -0.2) is 39.7 Å². The summed E-state index contributed by atoms with van der Waals surface area (Å²) in [7, 11) is 0. The predicted molar refractivity (Wildman–Crippen MR) is 45.7 cm³/mol. The van der Waals surface area contributed by atoms with E-state index in [4.69, 9.17) is 5.11 Å². The summed E-state index contributed by atoms with van der Waals surface area (Å²) >= 11 is 0. The van der Waals surface area contributed by atoms with Gasteiger partial charge in [-0.3, -0.25) is 4.79 Å². The van der Waals surface area contributed by atoms with Crippen LogP contribution < -0.4 is 0 Å². The van der Waals surface area contributed by atoms with Gasteiger partial charge in [-0.2, -0.15) is 0 Å². The molecule has 6 heteroatoms. The van der Waals surface area contributed by atoms with Crippen molar-refractivity contribution in [2.75, 3.05) is 0 Å². The third-order valence-electron chi connectivity index (χ3n) is 1.61. The molecule has 0 aliphatic heterocycles. The summed E-state index contributed by atoms with van der Waals surface area (Å²) in [5.74, 6) is -1.07. The second kappa shape index (κ2) is 6.33. The van der Waals surface area contributed by atoms with Gasteiger partial charge in [-0.1, -0.05) is 13.3 Å². The van der Waals surface area contributed by atoms with Gasteiger partial charge < -0.3 is 20.1 Å². The van der Waals surface area contributed by atoms with E-state index in [1.807, 2.05) is 6.92 Å². The fraction of sp³-hybridized carbons (Fsp3) is 0.750. The zero-order chi connectivity index (χ0) is 11.1. The van der Waals surface area contributed by atoms with E-state index >= 15 is 0 Å². The topological polar surface area (TPSA) is 104 Å². The minimum Gasteiger partial charge on any atom is -0.449 e. The number of esters is 1. The number of hydrogen-bond acceptors (Lipinski definition) is 5. The number of aliphatic hydroxyl groups excluding tert-OH is 2. The van der Waals surface area contributed by atoms with Gasteiger partial charge in [0.25, 0.3) is 0 Å². The maximum Gasteiger partial charge on any atom is 0.513 e. The molecule has 0 heterocycles. The highest BCUT2D eigenvalue weighted by atomic mass is 16.7. The van der Waals surface area contributed by atoms with Gasteiger partial charge in [0.15, 0.2) is 0 Å². The molecule has 3 N–H and O–H groups in total. The molecule has 0 saturated heterocycles. The normalized spacial score (nSPS) is 14.5. The molecular weight excluding hydrogens is 192 g/mol. The first-order valence-electron chi connectivity index (χ1n) is 4.27. The van der Waals surface area contributed by atoms with Gasteiger partial charge in [0, 0.05) is 0 Å². The Labute approximate surface area is 81.1 Å². The van der Waals surface area contributed by atoms with Crippen LogP contribution in [0.25, 0.3) is 0 Å². The molecule has 2 atom stereocenters. The van der Waals surface area contributed by atoms with Gasteiger partial charge in [-0.15, -0.1) is 0 Å². The quantitative estimate of drug-likeness (QED) is 0.436. The first-order valence-corrected chi connectivity index (χ1v) is 4.27. The Morgan fingerprint density at radius 3 is 2.29 bits per heavy atom. The van der Waals surface area contributed by atoms with Crippen molar-refractivity contribution in [3.05, 3.63) is 0 Å². The number of carboxylic acid groups (broad SMARTS) is 1. The Balaban J connectivity index is 3.86. The Bertz CT molecular complexity index is 202. The van der Waals surface area contributed by atoms with Crippen LogP contribution in [-0.2, 0) is 9.53 Å². The molecule has 0 radical (unpaired) electrons. The van der Waals surface area contributed by atoms with Crippen molar-refractivity contribution in [1.29, 1.82) is 0 Å². The molecule has 0 aromatic carbocycles. The van der Waals surface area contributed by atoms with E-state index < -0.39 is 30.8 Å². The average Bonchev–Trinajstić information content (AvgIpc) is 2.02. The minimum absolute atomic E-state index is 0.349. The average molecular weight is 206 g/mol. The predicted octanol–water partition coefficient (Wildman–Crippen LogP) is 0.120. The minimum atomic E-state index is -1.72. The molecule has 14 heavy (non-hydrogen) atoms. The van der Waals surface area contributed by atoms with Crippen molar-refractivity contribution in [3.8, 4) is 0 Å². The standard InChI is InChI=1S/C8H14O6/c1-2-3-5(9)6(10)4-7(11)14-8(12)13/h5-6,9-10H,2-4H2,1H3,(H,12,13). The Kier molecular flexibility index (Phi) is 5.82. The smallest absolute Gasteiger partial charge is 0.449 e. The molecule has 0 fully saturated rings. The van der Waals surface area contributed by atoms with Gasteiger partial charge >= 0.3 is 12.1 Å². The molecule has 0 saturated carbocycles. The van der Waals surface area contributed by atoms with Crippen molar-refractivity contribution in [2.24, 2.45) is 0 Å². The zero-order valence-corrected chi connectivity index (χ0v) is 7.84. The Hall–Kier alpha value is -1.14. The highest BCUT2D eigenvalue weighted by Gasteiger charge is 2.21. The van der Waals surface area contributed by atoms with Crippen molar-refractivity contribution in [1.82, 2.24) is 0 Å². The highest BCUT2D eigenvalue weighted by Crippen LogP contribution is 2.06. The van der Waals surface area contributed by atoms with Crippen molar-refractivity contribution in [2.45, 2.75) is 38.4 Å². The van der Waals surface area contributed by atoms with Crippen LogP contribution in [0.1, 0.15) is 26.2 Å². The van der Waals surface area contributed by atoms with Crippen molar-refractivity contribution in [3.63, 3.8) is 0 Å². The first kappa shape index (κ1) is 12.9. The van der Waals surface area contributed by atoms with E-state index in [1.54, 1.807) is 0 Å². The van der Waals surface area contributed by atoms with Crippen LogP contribution in [0.15, 0.2) is 0 Å². The third kappa shape index (κ3) is 5.50. The molecule has 2 unspecified atom stereocenters. The summed E-state index contributed by atoms with van der Waals surface area (Å²) in [5, 5.41) is 26.4. The third-order valence-corrected chi connectivity index (χ3v) is 1.61. The summed E-state index contributed by atoms with van der Waals surface area (Å²) < 4.78 is 3.76. The van der Waals surface area contributed by atoms with E-state index in [2.05, 4.69) is 4.74 Å². The molecule has 82 valence electrons. The maximum absolute atomic E-state index is 10.7. The SMILES string of the molecule is CCCC(O)C(O)CC(=O)OC(=O)O. The van der Waals surface area contributed by atoms with E-state index in [9.17, 15) is 19.8 Å². The molecule has 0 spiro atoms. The number of carbonyl (C=O) groups excluding carboxylic acids is 1. The fourth-order valence-electron chi connectivity index (χ4n) is 0.934. The van der Waals surface area contributed by atoms with E-state index in [0.717, 1.165) is 0 Å². The van der Waals surface area contributed by atoms with Gasteiger partial charge in [0.2, 0.25) is 0 Å². The summed E-state index contributed by atoms with van der Waals surface area (Å²) in [6, 6.07) is 0. The van der Waals surface area contributed by atoms with Crippen LogP contribution >= 0.6 is 0 Å². The van der Waals surface area contributed by atoms with Crippen molar-refractivity contribution >= 4 is 12.1 Å². The number of ether oxygens (including phenoxy) is 1. The van der Waals surface area contributed by atoms with Crippen LogP contribution in [0.4, 0.5) is 4.79 Å². The second-order valence-corrected chi connectivity index (χ2v) is 2.87. The van der Waals surface area contributed by atoms with Crippen molar-refractivity contribution < 1.29 is 29.6 Å². The monoisotopic (exact) mass is 206 g/mol. The van der Waals surface area contributed by atoms with Gasteiger partial charge in [0.1, 0.15) is 0 Å². The molecule has 0 rings (SSSR count). The summed E-state index contributed by atoms with van der Waals surface area (Å²) in [4.78, 5) is 20.6. The molecule has 0 aliphatic rings.